The molecule has 0 spiro atoms. The molecule has 0 aromatic carbocycles. The Kier molecular flexibility index (Phi) is 4.63. The highest BCUT2D eigenvalue weighted by molar-refractivity contribution is 7.20. The van der Waals surface area contributed by atoms with Crippen molar-refractivity contribution >= 4 is 38.8 Å². The quantitative estimate of drug-likeness (QED) is 0.540. The standard InChI is InChI=1S/C21H20FN5O2S/c1-12-9-27-10-14(8-16(22)19(27)23-12)24-20(28)17-7-13-3-4-18(25-21(13)30-17)29-15-5-6-26(2)11-15/h3-4,7-10,15H,5-6,11H2,1-2H3,(H,24,28). The molecule has 1 atom stereocenters. The molecule has 1 aliphatic rings. The third kappa shape index (κ3) is 3.61. The first-order chi connectivity index (χ1) is 14.4. The predicted molar refractivity (Wildman–Crippen MR) is 114 cm³/mol. The van der Waals surface area contributed by atoms with Gasteiger partial charge in [-0.1, -0.05) is 0 Å². The number of likely N-dealkylation sites (N-methyl/N-ethyl adjacent to an activating group) is 1. The van der Waals surface area contributed by atoms with Crippen LogP contribution in [0.25, 0.3) is 15.9 Å². The molecule has 1 aliphatic heterocycles. The first kappa shape index (κ1) is 19.0. The molecule has 1 N–H and O–H groups in total. The number of nitrogens with one attached hydrogen (secondary N) is 1. The second-order valence-electron chi connectivity index (χ2n) is 7.59. The summed E-state index contributed by atoms with van der Waals surface area (Å²) in [5.41, 5.74) is 1.30. The number of hydrogen-bond donors (Lipinski definition) is 1. The summed E-state index contributed by atoms with van der Waals surface area (Å²) in [5, 5.41) is 3.63. The van der Waals surface area contributed by atoms with Crippen molar-refractivity contribution in [2.24, 2.45) is 0 Å². The fraction of sp³-hybridized carbons (Fsp3) is 0.286. The van der Waals surface area contributed by atoms with E-state index in [9.17, 15) is 9.18 Å². The van der Waals surface area contributed by atoms with E-state index < -0.39 is 5.82 Å². The Bertz CT molecular complexity index is 1270. The normalized spacial score (nSPS) is 17.1. The minimum atomic E-state index is -0.488. The van der Waals surface area contributed by atoms with Crippen molar-refractivity contribution in [3.63, 3.8) is 0 Å². The van der Waals surface area contributed by atoms with Gasteiger partial charge in [0.15, 0.2) is 11.5 Å². The van der Waals surface area contributed by atoms with Crippen LogP contribution in [0, 0.1) is 12.7 Å². The Morgan fingerprint density at radius 3 is 2.97 bits per heavy atom. The van der Waals surface area contributed by atoms with E-state index in [-0.39, 0.29) is 17.7 Å². The maximum atomic E-state index is 14.3. The number of imidazole rings is 1. The van der Waals surface area contributed by atoms with Gasteiger partial charge < -0.3 is 19.4 Å². The number of amides is 1. The van der Waals surface area contributed by atoms with Crippen LogP contribution in [0.3, 0.4) is 0 Å². The number of nitrogens with zero attached hydrogens (tertiary/aromatic N) is 4. The molecule has 4 aromatic rings. The van der Waals surface area contributed by atoms with Crippen molar-refractivity contribution in [1.82, 2.24) is 19.3 Å². The molecule has 1 fully saturated rings. The van der Waals surface area contributed by atoms with Gasteiger partial charge in [-0.2, -0.15) is 0 Å². The first-order valence-corrected chi connectivity index (χ1v) is 10.5. The highest BCUT2D eigenvalue weighted by Crippen LogP contribution is 2.28. The maximum Gasteiger partial charge on any atom is 0.265 e. The average Bonchev–Trinajstić information content (AvgIpc) is 3.39. The molecule has 9 heteroatoms. The summed E-state index contributed by atoms with van der Waals surface area (Å²) < 4.78 is 21.8. The molecule has 154 valence electrons. The van der Waals surface area contributed by atoms with Gasteiger partial charge in [-0.05, 0) is 32.5 Å². The van der Waals surface area contributed by atoms with Crippen molar-refractivity contribution in [3.8, 4) is 5.88 Å². The molecule has 0 aliphatic carbocycles. The van der Waals surface area contributed by atoms with Gasteiger partial charge in [0, 0.05) is 43.0 Å². The second kappa shape index (κ2) is 7.33. The van der Waals surface area contributed by atoms with Crippen LogP contribution in [0.15, 0.2) is 36.7 Å². The zero-order valence-corrected chi connectivity index (χ0v) is 17.4. The van der Waals surface area contributed by atoms with Gasteiger partial charge >= 0.3 is 0 Å². The number of ether oxygens (including phenoxy) is 1. The molecule has 1 amide bonds. The number of halogens is 1. The van der Waals surface area contributed by atoms with Crippen LogP contribution in [-0.4, -0.2) is 51.4 Å². The van der Waals surface area contributed by atoms with Crippen LogP contribution >= 0.6 is 11.3 Å². The highest BCUT2D eigenvalue weighted by Gasteiger charge is 2.22. The molecule has 1 saturated heterocycles. The summed E-state index contributed by atoms with van der Waals surface area (Å²) in [6, 6.07) is 6.80. The first-order valence-electron chi connectivity index (χ1n) is 9.66. The van der Waals surface area contributed by atoms with Gasteiger partial charge in [-0.3, -0.25) is 4.79 Å². The molecule has 30 heavy (non-hydrogen) atoms. The van der Waals surface area contributed by atoms with Crippen molar-refractivity contribution in [1.29, 1.82) is 0 Å². The number of thiophene rings is 1. The minimum Gasteiger partial charge on any atom is -0.473 e. The molecule has 5 heterocycles. The predicted octanol–water partition coefficient (Wildman–Crippen LogP) is 3.73. The Morgan fingerprint density at radius 2 is 2.17 bits per heavy atom. The zero-order valence-electron chi connectivity index (χ0n) is 16.6. The molecule has 0 saturated carbocycles. The fourth-order valence-electron chi connectivity index (χ4n) is 3.68. The fourth-order valence-corrected chi connectivity index (χ4v) is 4.60. The van der Waals surface area contributed by atoms with Gasteiger partial charge in [0.1, 0.15) is 10.9 Å². The van der Waals surface area contributed by atoms with Crippen LogP contribution in [0.4, 0.5) is 10.1 Å². The lowest BCUT2D eigenvalue weighted by Gasteiger charge is -2.12. The van der Waals surface area contributed by atoms with E-state index in [1.165, 1.54) is 17.4 Å². The molecule has 5 rings (SSSR count). The number of fused-ring (bicyclic) bond motifs is 2. The van der Waals surface area contributed by atoms with Crippen LogP contribution in [-0.2, 0) is 0 Å². The number of aromatic nitrogens is 3. The van der Waals surface area contributed by atoms with Gasteiger partial charge in [0.05, 0.1) is 16.3 Å². The minimum absolute atomic E-state index is 0.138. The van der Waals surface area contributed by atoms with E-state index in [0.29, 0.717) is 22.1 Å². The van der Waals surface area contributed by atoms with Gasteiger partial charge in [-0.15, -0.1) is 11.3 Å². The monoisotopic (exact) mass is 425 g/mol. The largest absolute Gasteiger partial charge is 0.473 e. The summed E-state index contributed by atoms with van der Waals surface area (Å²) in [4.78, 5) is 24.9. The molecular weight excluding hydrogens is 405 g/mol. The SMILES string of the molecule is Cc1cn2cc(NC(=O)c3cc4ccc(OC5CCN(C)C5)nc4s3)cc(F)c2n1. The van der Waals surface area contributed by atoms with Crippen LogP contribution in [0.2, 0.25) is 0 Å². The van der Waals surface area contributed by atoms with Crippen LogP contribution < -0.4 is 10.1 Å². The number of hydrogen-bond acceptors (Lipinski definition) is 6. The number of rotatable bonds is 4. The van der Waals surface area contributed by atoms with E-state index in [1.807, 2.05) is 12.1 Å². The van der Waals surface area contributed by atoms with Crippen LogP contribution in [0.5, 0.6) is 5.88 Å². The molecule has 4 aromatic heterocycles. The van der Waals surface area contributed by atoms with E-state index in [0.717, 1.165) is 29.7 Å². The summed E-state index contributed by atoms with van der Waals surface area (Å²) in [6.45, 7) is 3.69. The smallest absolute Gasteiger partial charge is 0.265 e. The number of aryl methyl sites for hydroxylation is 1. The lowest BCUT2D eigenvalue weighted by molar-refractivity contribution is 0.103. The van der Waals surface area contributed by atoms with E-state index in [1.54, 1.807) is 29.8 Å². The Balaban J connectivity index is 1.35. The number of anilines is 1. The lowest BCUT2D eigenvalue weighted by Crippen LogP contribution is -2.21. The van der Waals surface area contributed by atoms with Crippen molar-refractivity contribution in [3.05, 3.63) is 53.0 Å². The van der Waals surface area contributed by atoms with Gasteiger partial charge in [0.25, 0.3) is 5.91 Å². The molecule has 7 nitrogen and oxygen atoms in total. The van der Waals surface area contributed by atoms with Gasteiger partial charge in [0.2, 0.25) is 5.88 Å². The zero-order chi connectivity index (χ0) is 20.8. The summed E-state index contributed by atoms with van der Waals surface area (Å²) in [5.74, 6) is -0.230. The second-order valence-corrected chi connectivity index (χ2v) is 8.62. The van der Waals surface area contributed by atoms with E-state index in [2.05, 4.69) is 27.2 Å². The van der Waals surface area contributed by atoms with E-state index >= 15 is 0 Å². The third-order valence-electron chi connectivity index (χ3n) is 5.10. The number of carbonyl (C=O) groups excluding carboxylic acids is 1. The van der Waals surface area contributed by atoms with Crippen molar-refractivity contribution in [2.45, 2.75) is 19.4 Å². The van der Waals surface area contributed by atoms with E-state index in [4.69, 9.17) is 4.74 Å². The van der Waals surface area contributed by atoms with Crippen molar-refractivity contribution < 1.29 is 13.9 Å². The molecule has 0 bridgehead atoms. The Hall–Kier alpha value is -3.04. The number of pyridine rings is 2. The van der Waals surface area contributed by atoms with Crippen LogP contribution in [0.1, 0.15) is 21.8 Å². The molecule has 0 radical (unpaired) electrons. The summed E-state index contributed by atoms with van der Waals surface area (Å²) >= 11 is 1.28. The number of carbonyl (C=O) groups is 1. The Labute approximate surface area is 176 Å². The maximum absolute atomic E-state index is 14.3. The van der Waals surface area contributed by atoms with Crippen molar-refractivity contribution in [2.75, 3.05) is 25.5 Å². The lowest BCUT2D eigenvalue weighted by atomic mass is 10.3. The molecular formula is C21H20FN5O2S. The average molecular weight is 425 g/mol. The highest BCUT2D eigenvalue weighted by atomic mass is 32.1. The third-order valence-corrected chi connectivity index (χ3v) is 6.14. The number of likely N-dealkylation sites (tertiary alicyclic amines) is 1. The summed E-state index contributed by atoms with van der Waals surface area (Å²) in [7, 11) is 2.07. The van der Waals surface area contributed by atoms with Gasteiger partial charge in [-0.25, -0.2) is 14.4 Å². The topological polar surface area (TPSA) is 71.8 Å². The Morgan fingerprint density at radius 1 is 1.30 bits per heavy atom. The summed E-state index contributed by atoms with van der Waals surface area (Å²) in [6.07, 6.45) is 4.47. The molecule has 1 unspecified atom stereocenters.